The molecule has 0 amide bonds. The van der Waals surface area contributed by atoms with Crippen molar-refractivity contribution in [2.75, 3.05) is 6.26 Å². The monoisotopic (exact) mass is 180 g/mol. The van der Waals surface area contributed by atoms with Crippen LogP contribution in [0.25, 0.3) is 0 Å². The third-order valence-corrected chi connectivity index (χ3v) is 2.79. The highest BCUT2D eigenvalue weighted by Gasteiger charge is 2.10. The largest absolute Gasteiger partial charge is 0.231 e. The van der Waals surface area contributed by atoms with E-state index in [0.717, 1.165) is 11.6 Å². The Morgan fingerprint density at radius 2 is 2.17 bits per heavy atom. The molecule has 2 nitrogen and oxygen atoms in total. The maximum absolute atomic E-state index is 4.48. The average Bonchev–Trinajstić information content (AvgIpc) is 2.17. The third kappa shape index (κ3) is 1.46. The van der Waals surface area contributed by atoms with Crippen molar-refractivity contribution in [2.45, 2.75) is 30.8 Å². The van der Waals surface area contributed by atoms with Crippen molar-refractivity contribution in [1.29, 1.82) is 0 Å². The van der Waals surface area contributed by atoms with Gasteiger partial charge in [0.25, 0.3) is 0 Å². The maximum atomic E-state index is 4.48. The van der Waals surface area contributed by atoms with Crippen LogP contribution in [0.3, 0.4) is 0 Å². The fraction of sp³-hybridized carbons (Fsp3) is 0.556. The second kappa shape index (κ2) is 3.44. The van der Waals surface area contributed by atoms with Gasteiger partial charge in [0, 0.05) is 11.9 Å². The van der Waals surface area contributed by atoms with Gasteiger partial charge in [-0.25, -0.2) is 9.97 Å². The molecule has 1 aromatic rings. The van der Waals surface area contributed by atoms with Crippen molar-refractivity contribution in [2.24, 2.45) is 0 Å². The molecule has 0 saturated heterocycles. The minimum Gasteiger partial charge on any atom is -0.231 e. The first-order valence-electron chi connectivity index (χ1n) is 4.29. The predicted molar refractivity (Wildman–Crippen MR) is 50.5 cm³/mol. The van der Waals surface area contributed by atoms with Gasteiger partial charge >= 0.3 is 0 Å². The summed E-state index contributed by atoms with van der Waals surface area (Å²) in [6.45, 7) is 0. The van der Waals surface area contributed by atoms with Crippen LogP contribution in [0.4, 0.5) is 0 Å². The summed E-state index contributed by atoms with van der Waals surface area (Å²) in [4.78, 5) is 8.75. The summed E-state index contributed by atoms with van der Waals surface area (Å²) in [5, 5.41) is 0.913. The minimum absolute atomic E-state index is 0.913. The molecule has 1 aliphatic rings. The molecule has 12 heavy (non-hydrogen) atoms. The fourth-order valence-corrected chi connectivity index (χ4v) is 1.91. The zero-order chi connectivity index (χ0) is 8.39. The first kappa shape index (κ1) is 8.05. The standard InChI is InChI=1S/C9H12N2S/c1-12-9-10-6-7-4-2-3-5-8(7)11-9/h6H,2-5H2,1H3. The van der Waals surface area contributed by atoms with Gasteiger partial charge in [-0.3, -0.25) is 0 Å². The first-order chi connectivity index (χ1) is 5.90. The van der Waals surface area contributed by atoms with Crippen LogP contribution in [-0.4, -0.2) is 16.2 Å². The predicted octanol–water partition coefficient (Wildman–Crippen LogP) is 2.08. The Balaban J connectivity index is 2.36. The van der Waals surface area contributed by atoms with Crippen molar-refractivity contribution in [3.05, 3.63) is 17.5 Å². The molecule has 3 heteroatoms. The minimum atomic E-state index is 0.913. The highest BCUT2D eigenvalue weighted by atomic mass is 32.2. The van der Waals surface area contributed by atoms with Crippen molar-refractivity contribution in [3.63, 3.8) is 0 Å². The number of hydrogen-bond donors (Lipinski definition) is 0. The Kier molecular flexibility index (Phi) is 2.30. The SMILES string of the molecule is CSc1ncc2c(n1)CCCC2. The van der Waals surface area contributed by atoms with Gasteiger partial charge < -0.3 is 0 Å². The lowest BCUT2D eigenvalue weighted by Crippen LogP contribution is -2.06. The van der Waals surface area contributed by atoms with Gasteiger partial charge in [0.1, 0.15) is 0 Å². The normalized spacial score (nSPS) is 15.8. The van der Waals surface area contributed by atoms with Crippen LogP contribution in [0.2, 0.25) is 0 Å². The highest BCUT2D eigenvalue weighted by molar-refractivity contribution is 7.98. The summed E-state index contributed by atoms with van der Waals surface area (Å²) in [7, 11) is 0. The Morgan fingerprint density at radius 3 is 3.00 bits per heavy atom. The molecule has 1 aromatic heterocycles. The number of aromatic nitrogens is 2. The van der Waals surface area contributed by atoms with Crippen LogP contribution >= 0.6 is 11.8 Å². The van der Waals surface area contributed by atoms with E-state index in [1.54, 1.807) is 11.8 Å². The van der Waals surface area contributed by atoms with Gasteiger partial charge in [0.2, 0.25) is 0 Å². The van der Waals surface area contributed by atoms with Crippen LogP contribution in [0, 0.1) is 0 Å². The van der Waals surface area contributed by atoms with Crippen molar-refractivity contribution in [3.8, 4) is 0 Å². The molecule has 0 unspecified atom stereocenters. The van der Waals surface area contributed by atoms with E-state index in [1.165, 1.54) is 30.5 Å². The van der Waals surface area contributed by atoms with Crippen LogP contribution in [-0.2, 0) is 12.8 Å². The molecular weight excluding hydrogens is 168 g/mol. The molecule has 0 bridgehead atoms. The van der Waals surface area contributed by atoms with E-state index in [0.29, 0.717) is 0 Å². The lowest BCUT2D eigenvalue weighted by atomic mass is 9.98. The molecule has 0 aromatic carbocycles. The van der Waals surface area contributed by atoms with Crippen LogP contribution in [0.1, 0.15) is 24.1 Å². The number of nitrogens with zero attached hydrogens (tertiary/aromatic N) is 2. The van der Waals surface area contributed by atoms with Gasteiger partial charge in [0.15, 0.2) is 5.16 Å². The topological polar surface area (TPSA) is 25.8 Å². The molecule has 0 atom stereocenters. The summed E-state index contributed by atoms with van der Waals surface area (Å²) in [6.07, 6.45) is 8.92. The summed E-state index contributed by atoms with van der Waals surface area (Å²) >= 11 is 1.62. The summed E-state index contributed by atoms with van der Waals surface area (Å²) in [5.41, 5.74) is 2.64. The van der Waals surface area contributed by atoms with Gasteiger partial charge in [0.05, 0.1) is 0 Å². The van der Waals surface area contributed by atoms with Crippen LogP contribution in [0.15, 0.2) is 11.4 Å². The highest BCUT2D eigenvalue weighted by Crippen LogP contribution is 2.20. The third-order valence-electron chi connectivity index (χ3n) is 2.22. The zero-order valence-electron chi connectivity index (χ0n) is 7.21. The number of fused-ring (bicyclic) bond motifs is 1. The smallest absolute Gasteiger partial charge is 0.187 e. The average molecular weight is 180 g/mol. The Morgan fingerprint density at radius 1 is 1.33 bits per heavy atom. The number of thioether (sulfide) groups is 1. The molecule has 0 N–H and O–H groups in total. The van der Waals surface area contributed by atoms with Crippen LogP contribution < -0.4 is 0 Å². The molecule has 1 heterocycles. The molecule has 0 radical (unpaired) electrons. The van der Waals surface area contributed by atoms with Gasteiger partial charge in [-0.2, -0.15) is 0 Å². The number of rotatable bonds is 1. The molecule has 2 rings (SSSR count). The Hall–Kier alpha value is -0.570. The van der Waals surface area contributed by atoms with Crippen LogP contribution in [0.5, 0.6) is 0 Å². The zero-order valence-corrected chi connectivity index (χ0v) is 8.02. The second-order valence-electron chi connectivity index (χ2n) is 3.04. The van der Waals surface area contributed by atoms with Crippen molar-refractivity contribution < 1.29 is 0 Å². The van der Waals surface area contributed by atoms with E-state index in [-0.39, 0.29) is 0 Å². The van der Waals surface area contributed by atoms with Gasteiger partial charge in [-0.05, 0) is 37.5 Å². The molecule has 1 aliphatic carbocycles. The number of aryl methyl sites for hydroxylation is 2. The maximum Gasteiger partial charge on any atom is 0.187 e. The molecular formula is C9H12N2S. The molecule has 0 aliphatic heterocycles. The fourth-order valence-electron chi connectivity index (χ4n) is 1.56. The number of hydrogen-bond acceptors (Lipinski definition) is 3. The Bertz CT molecular complexity index is 286. The van der Waals surface area contributed by atoms with E-state index in [4.69, 9.17) is 0 Å². The Labute approximate surface area is 76.8 Å². The summed E-state index contributed by atoms with van der Waals surface area (Å²) in [5.74, 6) is 0. The van der Waals surface area contributed by atoms with Gasteiger partial charge in [-0.1, -0.05) is 11.8 Å². The molecule has 64 valence electrons. The van der Waals surface area contributed by atoms with E-state index in [2.05, 4.69) is 9.97 Å². The quantitative estimate of drug-likeness (QED) is 0.489. The first-order valence-corrected chi connectivity index (χ1v) is 5.51. The summed E-state index contributed by atoms with van der Waals surface area (Å²) in [6, 6.07) is 0. The molecule has 0 spiro atoms. The van der Waals surface area contributed by atoms with E-state index < -0.39 is 0 Å². The summed E-state index contributed by atoms with van der Waals surface area (Å²) < 4.78 is 0. The lowest BCUT2D eigenvalue weighted by Gasteiger charge is -2.13. The lowest BCUT2D eigenvalue weighted by molar-refractivity contribution is 0.649. The van der Waals surface area contributed by atoms with E-state index >= 15 is 0 Å². The van der Waals surface area contributed by atoms with E-state index in [1.807, 2.05) is 12.5 Å². The van der Waals surface area contributed by atoms with Crippen molar-refractivity contribution >= 4 is 11.8 Å². The molecule has 0 saturated carbocycles. The van der Waals surface area contributed by atoms with Crippen molar-refractivity contribution in [1.82, 2.24) is 9.97 Å². The van der Waals surface area contributed by atoms with E-state index in [9.17, 15) is 0 Å². The molecule has 0 fully saturated rings. The second-order valence-corrected chi connectivity index (χ2v) is 3.81. The van der Waals surface area contributed by atoms with Gasteiger partial charge in [-0.15, -0.1) is 0 Å².